The fourth-order valence-electron chi connectivity index (χ4n) is 1.54. The van der Waals surface area contributed by atoms with Crippen LogP contribution in [0.4, 0.5) is 0 Å². The Hall–Kier alpha value is -0.0400. The van der Waals surface area contributed by atoms with Gasteiger partial charge < -0.3 is 0 Å². The Bertz CT molecular complexity index is 512. The fourth-order valence-corrected chi connectivity index (χ4v) is 4.08. The van der Waals surface area contributed by atoms with E-state index in [1.165, 1.54) is 0 Å². The first-order valence-corrected chi connectivity index (χ1v) is 8.78. The molecule has 1 aliphatic carbocycles. The molecule has 0 bridgehead atoms. The van der Waals surface area contributed by atoms with E-state index in [-0.39, 0.29) is 4.75 Å². The number of thioether (sulfide) groups is 1. The molecule has 6 heteroatoms. The maximum Gasteiger partial charge on any atom is 0.240 e. The van der Waals surface area contributed by atoms with Crippen LogP contribution < -0.4 is 4.72 Å². The van der Waals surface area contributed by atoms with E-state index in [1.54, 1.807) is 30.0 Å². The zero-order valence-corrected chi connectivity index (χ0v) is 12.7. The third-order valence-corrected chi connectivity index (χ3v) is 6.24. The van der Waals surface area contributed by atoms with Gasteiger partial charge in [0.2, 0.25) is 10.0 Å². The van der Waals surface area contributed by atoms with Crippen LogP contribution in [-0.4, -0.2) is 26.0 Å². The van der Waals surface area contributed by atoms with Gasteiger partial charge in [-0.25, -0.2) is 13.1 Å². The van der Waals surface area contributed by atoms with E-state index >= 15 is 0 Å². The molecule has 0 amide bonds. The number of nitrogens with one attached hydrogen (secondary N) is 1. The summed E-state index contributed by atoms with van der Waals surface area (Å²) in [5.74, 6) is 0. The van der Waals surface area contributed by atoms with Crippen LogP contribution in [0, 0.1) is 0 Å². The number of hydrogen-bond donors (Lipinski definition) is 1. The van der Waals surface area contributed by atoms with Crippen molar-refractivity contribution in [1.29, 1.82) is 0 Å². The summed E-state index contributed by atoms with van der Waals surface area (Å²) in [6, 6.07) is 6.75. The predicted octanol–water partition coefficient (Wildman–Crippen LogP) is 2.62. The summed E-state index contributed by atoms with van der Waals surface area (Å²) in [5.41, 5.74) is 0. The molecule has 0 heterocycles. The van der Waals surface area contributed by atoms with Crippen molar-refractivity contribution >= 4 is 37.7 Å². The predicted molar refractivity (Wildman–Crippen MR) is 74.8 cm³/mol. The van der Waals surface area contributed by atoms with E-state index < -0.39 is 10.0 Å². The minimum atomic E-state index is -3.38. The first-order valence-electron chi connectivity index (χ1n) is 5.28. The smallest absolute Gasteiger partial charge is 0.210 e. The molecule has 3 nitrogen and oxygen atoms in total. The fraction of sp³-hybridized carbons (Fsp3) is 0.455. The van der Waals surface area contributed by atoms with Gasteiger partial charge >= 0.3 is 0 Å². The SMILES string of the molecule is CSC1(CNS(=O)(=O)c2cccc(Br)c2)CC1. The highest BCUT2D eigenvalue weighted by atomic mass is 79.9. The Morgan fingerprint density at radius 3 is 2.71 bits per heavy atom. The molecule has 0 radical (unpaired) electrons. The molecule has 1 aromatic rings. The normalized spacial score (nSPS) is 18.0. The van der Waals surface area contributed by atoms with Crippen LogP contribution in [-0.2, 0) is 10.0 Å². The molecule has 0 spiro atoms. The lowest BCUT2D eigenvalue weighted by molar-refractivity contribution is 0.579. The molecule has 1 aliphatic rings. The van der Waals surface area contributed by atoms with Gasteiger partial charge in [0.05, 0.1) is 4.90 Å². The van der Waals surface area contributed by atoms with Crippen molar-refractivity contribution in [2.75, 3.05) is 12.8 Å². The Kier molecular flexibility index (Phi) is 3.87. The van der Waals surface area contributed by atoms with Crippen LogP contribution in [0.15, 0.2) is 33.6 Å². The van der Waals surface area contributed by atoms with E-state index in [9.17, 15) is 8.42 Å². The molecule has 1 N–H and O–H groups in total. The van der Waals surface area contributed by atoms with E-state index in [0.717, 1.165) is 17.3 Å². The third-order valence-electron chi connectivity index (χ3n) is 2.93. The average molecular weight is 336 g/mol. The number of halogens is 1. The van der Waals surface area contributed by atoms with Crippen LogP contribution >= 0.6 is 27.7 Å². The second kappa shape index (κ2) is 4.91. The van der Waals surface area contributed by atoms with Crippen LogP contribution in [0.3, 0.4) is 0 Å². The lowest BCUT2D eigenvalue weighted by atomic mass is 10.4. The van der Waals surface area contributed by atoms with Gasteiger partial charge in [-0.15, -0.1) is 0 Å². The van der Waals surface area contributed by atoms with Gasteiger partial charge in [0.15, 0.2) is 0 Å². The molecule has 0 unspecified atom stereocenters. The maximum atomic E-state index is 12.0. The molecule has 0 aliphatic heterocycles. The lowest BCUT2D eigenvalue weighted by Crippen LogP contribution is -2.31. The number of benzene rings is 1. The molecule has 0 aromatic heterocycles. The van der Waals surface area contributed by atoms with E-state index in [1.807, 2.05) is 12.3 Å². The van der Waals surface area contributed by atoms with Gasteiger partial charge in [0.25, 0.3) is 0 Å². The van der Waals surface area contributed by atoms with Crippen molar-refractivity contribution in [3.63, 3.8) is 0 Å². The Labute approximate surface area is 115 Å². The highest BCUT2D eigenvalue weighted by molar-refractivity contribution is 9.10. The maximum absolute atomic E-state index is 12.0. The highest BCUT2D eigenvalue weighted by Gasteiger charge is 2.42. The molecule has 17 heavy (non-hydrogen) atoms. The molecule has 0 atom stereocenters. The van der Waals surface area contributed by atoms with E-state index in [0.29, 0.717) is 11.4 Å². The molecular formula is C11H14BrNO2S2. The van der Waals surface area contributed by atoms with E-state index in [4.69, 9.17) is 0 Å². The Morgan fingerprint density at radius 1 is 1.47 bits per heavy atom. The van der Waals surface area contributed by atoms with Gasteiger partial charge in [-0.1, -0.05) is 22.0 Å². The third kappa shape index (κ3) is 3.24. The zero-order valence-electron chi connectivity index (χ0n) is 9.44. The van der Waals surface area contributed by atoms with Crippen molar-refractivity contribution in [2.24, 2.45) is 0 Å². The number of hydrogen-bond acceptors (Lipinski definition) is 3. The Morgan fingerprint density at radius 2 is 2.18 bits per heavy atom. The van der Waals surface area contributed by atoms with Crippen LogP contribution in [0.25, 0.3) is 0 Å². The van der Waals surface area contributed by atoms with Crippen molar-refractivity contribution in [3.05, 3.63) is 28.7 Å². The van der Waals surface area contributed by atoms with E-state index in [2.05, 4.69) is 20.7 Å². The zero-order chi connectivity index (χ0) is 12.5. The Balaban J connectivity index is 2.09. The molecule has 2 rings (SSSR count). The second-order valence-electron chi connectivity index (χ2n) is 4.17. The largest absolute Gasteiger partial charge is 0.240 e. The highest BCUT2D eigenvalue weighted by Crippen LogP contribution is 2.46. The van der Waals surface area contributed by atoms with Crippen molar-refractivity contribution in [1.82, 2.24) is 4.72 Å². The van der Waals surface area contributed by atoms with Gasteiger partial charge in [0, 0.05) is 15.8 Å². The standard InChI is InChI=1S/C11H14BrNO2S2/c1-16-11(5-6-11)8-13-17(14,15)10-4-2-3-9(12)7-10/h2-4,7,13H,5-6,8H2,1H3. The summed E-state index contributed by atoms with van der Waals surface area (Å²) in [4.78, 5) is 0.309. The summed E-state index contributed by atoms with van der Waals surface area (Å²) in [6.07, 6.45) is 4.21. The van der Waals surface area contributed by atoms with Gasteiger partial charge in [0.1, 0.15) is 0 Å². The topological polar surface area (TPSA) is 46.2 Å². The average Bonchev–Trinajstić information content (AvgIpc) is 3.07. The first-order chi connectivity index (χ1) is 7.97. The van der Waals surface area contributed by atoms with Crippen molar-refractivity contribution in [2.45, 2.75) is 22.5 Å². The molecular weight excluding hydrogens is 322 g/mol. The van der Waals surface area contributed by atoms with Crippen LogP contribution in [0.2, 0.25) is 0 Å². The summed E-state index contributed by atoms with van der Waals surface area (Å²) in [5, 5.41) is 0. The van der Waals surface area contributed by atoms with Crippen LogP contribution in [0.1, 0.15) is 12.8 Å². The van der Waals surface area contributed by atoms with Crippen LogP contribution in [0.5, 0.6) is 0 Å². The van der Waals surface area contributed by atoms with Gasteiger partial charge in [-0.2, -0.15) is 11.8 Å². The van der Waals surface area contributed by atoms with Gasteiger partial charge in [-0.05, 0) is 37.3 Å². The summed E-state index contributed by atoms with van der Waals surface area (Å²) < 4.78 is 27.7. The monoisotopic (exact) mass is 335 g/mol. The lowest BCUT2D eigenvalue weighted by Gasteiger charge is -2.13. The molecule has 1 aromatic carbocycles. The molecule has 0 saturated heterocycles. The minimum Gasteiger partial charge on any atom is -0.210 e. The summed E-state index contributed by atoms with van der Waals surface area (Å²) >= 11 is 5.02. The van der Waals surface area contributed by atoms with Crippen molar-refractivity contribution < 1.29 is 8.42 Å². The number of rotatable bonds is 5. The quantitative estimate of drug-likeness (QED) is 0.899. The second-order valence-corrected chi connectivity index (χ2v) is 8.13. The number of sulfonamides is 1. The summed E-state index contributed by atoms with van der Waals surface area (Å²) in [7, 11) is -3.38. The molecule has 1 saturated carbocycles. The van der Waals surface area contributed by atoms with Gasteiger partial charge in [-0.3, -0.25) is 0 Å². The summed E-state index contributed by atoms with van der Waals surface area (Å²) in [6.45, 7) is 0.517. The molecule has 94 valence electrons. The first kappa shape index (κ1) is 13.4. The minimum absolute atomic E-state index is 0.138. The molecule has 1 fully saturated rings. The van der Waals surface area contributed by atoms with Crippen molar-refractivity contribution in [3.8, 4) is 0 Å².